The van der Waals surface area contributed by atoms with E-state index in [1.165, 1.54) is 28.0 Å². The molecule has 0 spiro atoms. The molecule has 1 aliphatic heterocycles. The highest BCUT2D eigenvalue weighted by Crippen LogP contribution is 2.51. The molecule has 2 atom stereocenters. The van der Waals surface area contributed by atoms with Gasteiger partial charge in [-0.3, -0.25) is 0 Å². The maximum Gasteiger partial charge on any atom is 0.0574 e. The molecule has 0 amide bonds. The number of aryl methyl sites for hydroxylation is 1. The summed E-state index contributed by atoms with van der Waals surface area (Å²) in [5, 5.41) is 0. The van der Waals surface area contributed by atoms with Gasteiger partial charge in [0.05, 0.1) is 6.04 Å². The van der Waals surface area contributed by atoms with E-state index in [0.717, 1.165) is 6.42 Å². The first-order valence-electron chi connectivity index (χ1n) is 6.95. The van der Waals surface area contributed by atoms with Gasteiger partial charge in [-0.05, 0) is 43.0 Å². The fourth-order valence-corrected chi connectivity index (χ4v) is 3.67. The van der Waals surface area contributed by atoms with E-state index in [2.05, 4.69) is 62.7 Å². The maximum atomic E-state index is 3.76. The summed E-state index contributed by atoms with van der Waals surface area (Å²) in [4.78, 5) is 2.45. The summed E-state index contributed by atoms with van der Waals surface area (Å²) in [5.41, 5.74) is 7.29. The number of hydrogen-bond donors (Lipinski definition) is 0. The highest BCUT2D eigenvalue weighted by molar-refractivity contribution is 5.67. The Hall–Kier alpha value is -1.76. The van der Waals surface area contributed by atoms with Gasteiger partial charge in [-0.25, -0.2) is 0 Å². The third-order valence-electron chi connectivity index (χ3n) is 4.58. The van der Waals surface area contributed by atoms with Crippen molar-refractivity contribution in [1.29, 1.82) is 0 Å². The fraction of sp³-hybridized carbons (Fsp3) is 0.333. The van der Waals surface area contributed by atoms with Crippen LogP contribution in [-0.4, -0.2) is 13.1 Å². The van der Waals surface area contributed by atoms with Crippen molar-refractivity contribution in [2.45, 2.75) is 32.2 Å². The molecular formula is C18H21N. The van der Waals surface area contributed by atoms with E-state index in [1.807, 2.05) is 6.08 Å². The van der Waals surface area contributed by atoms with Crippen LogP contribution in [0, 0.1) is 6.92 Å². The minimum absolute atomic E-state index is 0.543. The summed E-state index contributed by atoms with van der Waals surface area (Å²) < 4.78 is 0. The molecule has 0 fully saturated rings. The highest BCUT2D eigenvalue weighted by atomic mass is 15.2. The molecule has 19 heavy (non-hydrogen) atoms. The van der Waals surface area contributed by atoms with Crippen LogP contribution in [-0.2, 0) is 0 Å². The van der Waals surface area contributed by atoms with E-state index in [4.69, 9.17) is 0 Å². The van der Waals surface area contributed by atoms with E-state index in [0.29, 0.717) is 12.0 Å². The van der Waals surface area contributed by atoms with E-state index in [1.54, 1.807) is 0 Å². The Kier molecular flexibility index (Phi) is 2.85. The Bertz CT molecular complexity index is 592. The van der Waals surface area contributed by atoms with Crippen molar-refractivity contribution in [3.05, 3.63) is 65.3 Å². The van der Waals surface area contributed by atoms with Gasteiger partial charge >= 0.3 is 0 Å². The van der Waals surface area contributed by atoms with E-state index >= 15 is 0 Å². The Morgan fingerprint density at radius 3 is 2.84 bits per heavy atom. The average Bonchev–Trinajstić information content (AvgIpc) is 2.85. The Morgan fingerprint density at radius 1 is 1.32 bits per heavy atom. The smallest absolute Gasteiger partial charge is 0.0574 e. The van der Waals surface area contributed by atoms with Crippen LogP contribution in [0.5, 0.6) is 0 Å². The second-order valence-electron chi connectivity index (χ2n) is 5.73. The molecule has 2 unspecified atom stereocenters. The first-order chi connectivity index (χ1) is 9.13. The second kappa shape index (κ2) is 4.41. The van der Waals surface area contributed by atoms with Crippen molar-refractivity contribution in [3.63, 3.8) is 0 Å². The second-order valence-corrected chi connectivity index (χ2v) is 5.73. The van der Waals surface area contributed by atoms with Gasteiger partial charge in [0.2, 0.25) is 0 Å². The van der Waals surface area contributed by atoms with Gasteiger partial charge < -0.3 is 4.90 Å². The van der Waals surface area contributed by atoms with Gasteiger partial charge in [0.1, 0.15) is 0 Å². The lowest BCUT2D eigenvalue weighted by Gasteiger charge is -2.23. The van der Waals surface area contributed by atoms with Gasteiger partial charge in [0.15, 0.2) is 0 Å². The minimum atomic E-state index is 0.543. The Balaban J connectivity index is 2.02. The van der Waals surface area contributed by atoms with Gasteiger partial charge in [-0.15, -0.1) is 0 Å². The largest absolute Gasteiger partial charge is 0.367 e. The first-order valence-corrected chi connectivity index (χ1v) is 6.95. The number of hydrogen-bond acceptors (Lipinski definition) is 1. The summed E-state index contributed by atoms with van der Waals surface area (Å²) in [5.74, 6) is 0.629. The molecule has 1 heteroatoms. The lowest BCUT2D eigenvalue weighted by molar-refractivity contribution is 0.651. The van der Waals surface area contributed by atoms with Crippen LogP contribution in [0.1, 0.15) is 30.4 Å². The topological polar surface area (TPSA) is 3.24 Å². The summed E-state index contributed by atoms with van der Waals surface area (Å²) in [7, 11) is 2.22. The number of rotatable bonds is 2. The number of anilines is 1. The van der Waals surface area contributed by atoms with E-state index < -0.39 is 0 Å². The molecule has 1 heterocycles. The van der Waals surface area contributed by atoms with Crippen LogP contribution in [0.2, 0.25) is 0 Å². The van der Waals surface area contributed by atoms with Gasteiger partial charge in [-0.1, -0.05) is 42.5 Å². The van der Waals surface area contributed by atoms with Crippen molar-refractivity contribution >= 4 is 5.69 Å². The molecule has 0 saturated carbocycles. The number of benzene rings is 1. The standard InChI is InChI=1S/C18H21N/c1-5-6-7-14-11-16-15-10-12(2)8-9-17(15)19(4)18(16)13(14)3/h5-10,16,18H,1,11H2,2-4H3/b7-6-. The molecule has 98 valence electrons. The molecule has 3 rings (SSSR count). The molecule has 1 nitrogen and oxygen atoms in total. The van der Waals surface area contributed by atoms with Crippen LogP contribution in [0.4, 0.5) is 5.69 Å². The molecule has 0 bridgehead atoms. The summed E-state index contributed by atoms with van der Waals surface area (Å²) in [6.07, 6.45) is 7.29. The van der Waals surface area contributed by atoms with E-state index in [-0.39, 0.29) is 0 Å². The maximum absolute atomic E-state index is 3.76. The third-order valence-corrected chi connectivity index (χ3v) is 4.58. The quantitative estimate of drug-likeness (QED) is 0.706. The zero-order valence-corrected chi connectivity index (χ0v) is 12.0. The summed E-state index contributed by atoms with van der Waals surface area (Å²) in [6, 6.07) is 7.40. The lowest BCUT2D eigenvalue weighted by Crippen LogP contribution is -2.28. The van der Waals surface area contributed by atoms with Crippen LogP contribution >= 0.6 is 0 Å². The highest BCUT2D eigenvalue weighted by Gasteiger charge is 2.42. The van der Waals surface area contributed by atoms with E-state index in [9.17, 15) is 0 Å². The lowest BCUT2D eigenvalue weighted by atomic mass is 9.93. The van der Waals surface area contributed by atoms with Crippen molar-refractivity contribution in [2.75, 3.05) is 11.9 Å². The predicted octanol–water partition coefficient (Wildman–Crippen LogP) is 4.36. The molecule has 0 saturated heterocycles. The fourth-order valence-electron chi connectivity index (χ4n) is 3.67. The van der Waals surface area contributed by atoms with Crippen molar-refractivity contribution in [3.8, 4) is 0 Å². The molecule has 0 radical (unpaired) electrons. The molecule has 0 aromatic heterocycles. The first kappa shape index (κ1) is 12.3. The van der Waals surface area contributed by atoms with Gasteiger partial charge in [0, 0.05) is 18.7 Å². The van der Waals surface area contributed by atoms with Crippen LogP contribution < -0.4 is 4.90 Å². The molecule has 0 N–H and O–H groups in total. The van der Waals surface area contributed by atoms with Gasteiger partial charge in [-0.2, -0.15) is 0 Å². The van der Waals surface area contributed by atoms with Gasteiger partial charge in [0.25, 0.3) is 0 Å². The third kappa shape index (κ3) is 1.76. The zero-order valence-electron chi connectivity index (χ0n) is 12.0. The molecule has 1 aromatic carbocycles. The average molecular weight is 251 g/mol. The number of likely N-dealkylation sites (N-methyl/N-ethyl adjacent to an activating group) is 1. The van der Waals surface area contributed by atoms with Crippen LogP contribution in [0.25, 0.3) is 0 Å². The monoisotopic (exact) mass is 251 g/mol. The van der Waals surface area contributed by atoms with Crippen molar-refractivity contribution in [1.82, 2.24) is 0 Å². The normalized spacial score (nSPS) is 25.1. The minimum Gasteiger partial charge on any atom is -0.367 e. The van der Waals surface area contributed by atoms with Crippen LogP contribution in [0.15, 0.2) is 54.2 Å². The van der Waals surface area contributed by atoms with Crippen molar-refractivity contribution < 1.29 is 0 Å². The predicted molar refractivity (Wildman–Crippen MR) is 82.8 cm³/mol. The Labute approximate surface area is 115 Å². The molecule has 2 aliphatic rings. The summed E-state index contributed by atoms with van der Waals surface area (Å²) in [6.45, 7) is 8.22. The zero-order chi connectivity index (χ0) is 13.6. The molecule has 1 aromatic rings. The SMILES string of the molecule is C=C/C=C\C1=C(C)C2C(C1)c1cc(C)ccc1N2C. The number of nitrogens with zero attached hydrogens (tertiary/aromatic N) is 1. The molecular weight excluding hydrogens is 230 g/mol. The molecule has 1 aliphatic carbocycles. The van der Waals surface area contributed by atoms with Crippen LogP contribution in [0.3, 0.4) is 0 Å². The summed E-state index contributed by atoms with van der Waals surface area (Å²) >= 11 is 0. The Morgan fingerprint density at radius 2 is 2.11 bits per heavy atom. The number of fused-ring (bicyclic) bond motifs is 3. The van der Waals surface area contributed by atoms with Crippen molar-refractivity contribution in [2.24, 2.45) is 0 Å². The number of allylic oxidation sites excluding steroid dienone is 4.